The van der Waals surface area contributed by atoms with Crippen LogP contribution in [-0.2, 0) is 0 Å². The average Bonchev–Trinajstić information content (AvgIpc) is 3.31. The number of benzene rings is 2. The van der Waals surface area contributed by atoms with Gasteiger partial charge < -0.3 is 9.80 Å². The predicted molar refractivity (Wildman–Crippen MR) is 120 cm³/mol. The van der Waals surface area contributed by atoms with E-state index in [1.807, 2.05) is 18.2 Å². The molecule has 0 amide bonds. The molecule has 2 aromatic heterocycles. The molecule has 2 aromatic carbocycles. The molecular weight excluding hydrogens is 416 g/mol. The second-order valence-corrected chi connectivity index (χ2v) is 9.75. The molecule has 0 saturated carbocycles. The standard InChI is InChI=1S/C19H17ClN4S3/c1-25-13-3-5-15-17(11-13)27-19(22-15)24-8-6-23(7-9-24)18-21-14-4-2-12(20)10-16(14)26-18/h2-5,10-11H,6-9H2,1H3. The summed E-state index contributed by atoms with van der Waals surface area (Å²) in [6.45, 7) is 3.84. The van der Waals surface area contributed by atoms with E-state index in [1.54, 1.807) is 34.4 Å². The van der Waals surface area contributed by atoms with Gasteiger partial charge in [-0.25, -0.2) is 9.97 Å². The topological polar surface area (TPSA) is 32.3 Å². The van der Waals surface area contributed by atoms with E-state index >= 15 is 0 Å². The lowest BCUT2D eigenvalue weighted by molar-refractivity contribution is 0.651. The first-order valence-electron chi connectivity index (χ1n) is 8.70. The molecule has 5 rings (SSSR count). The molecule has 1 aliphatic heterocycles. The van der Waals surface area contributed by atoms with Crippen molar-refractivity contribution in [3.63, 3.8) is 0 Å². The molecule has 4 aromatic rings. The quantitative estimate of drug-likeness (QED) is 0.393. The number of hydrogen-bond acceptors (Lipinski definition) is 7. The van der Waals surface area contributed by atoms with Gasteiger partial charge in [-0.1, -0.05) is 34.3 Å². The summed E-state index contributed by atoms with van der Waals surface area (Å²) in [4.78, 5) is 15.7. The molecule has 0 atom stereocenters. The van der Waals surface area contributed by atoms with Gasteiger partial charge in [-0.15, -0.1) is 11.8 Å². The summed E-state index contributed by atoms with van der Waals surface area (Å²) in [7, 11) is 0. The molecule has 3 heterocycles. The molecular formula is C19H17ClN4S3. The predicted octanol–water partition coefficient (Wildman–Crippen LogP) is 5.61. The first-order chi connectivity index (χ1) is 13.2. The summed E-state index contributed by atoms with van der Waals surface area (Å²) >= 11 is 11.4. The minimum atomic E-state index is 0.767. The fraction of sp³-hybridized carbons (Fsp3) is 0.263. The summed E-state index contributed by atoms with van der Waals surface area (Å²) in [5.74, 6) is 0. The first kappa shape index (κ1) is 17.6. The molecule has 0 aliphatic carbocycles. The largest absolute Gasteiger partial charge is 0.345 e. The van der Waals surface area contributed by atoms with Gasteiger partial charge in [0, 0.05) is 36.1 Å². The van der Waals surface area contributed by atoms with E-state index in [0.29, 0.717) is 0 Å². The van der Waals surface area contributed by atoms with E-state index in [0.717, 1.165) is 57.2 Å². The Morgan fingerprint density at radius 1 is 0.852 bits per heavy atom. The maximum absolute atomic E-state index is 6.10. The van der Waals surface area contributed by atoms with Crippen LogP contribution in [-0.4, -0.2) is 42.4 Å². The van der Waals surface area contributed by atoms with Gasteiger partial charge in [-0.3, -0.25) is 0 Å². The minimum absolute atomic E-state index is 0.767. The second-order valence-electron chi connectivity index (χ2n) is 6.41. The van der Waals surface area contributed by atoms with Crippen molar-refractivity contribution in [2.24, 2.45) is 0 Å². The number of nitrogens with zero attached hydrogens (tertiary/aromatic N) is 4. The third-order valence-corrected chi connectivity index (χ3v) is 7.86. The zero-order chi connectivity index (χ0) is 18.4. The van der Waals surface area contributed by atoms with Gasteiger partial charge in [0.15, 0.2) is 10.3 Å². The molecule has 0 spiro atoms. The van der Waals surface area contributed by atoms with Crippen LogP contribution in [0.25, 0.3) is 20.4 Å². The molecule has 0 unspecified atom stereocenters. The fourth-order valence-corrected chi connectivity index (χ4v) is 6.13. The number of thioether (sulfide) groups is 1. The Bertz CT molecular complexity index is 1110. The minimum Gasteiger partial charge on any atom is -0.345 e. The number of anilines is 2. The maximum Gasteiger partial charge on any atom is 0.186 e. The Kier molecular flexibility index (Phi) is 4.63. The number of rotatable bonds is 3. The monoisotopic (exact) mass is 432 g/mol. The van der Waals surface area contributed by atoms with Crippen LogP contribution in [0.3, 0.4) is 0 Å². The molecule has 0 radical (unpaired) electrons. The third-order valence-electron chi connectivity index (χ3n) is 4.74. The van der Waals surface area contributed by atoms with Crippen LogP contribution >= 0.6 is 46.0 Å². The highest BCUT2D eigenvalue weighted by molar-refractivity contribution is 7.98. The Morgan fingerprint density at radius 2 is 1.41 bits per heavy atom. The van der Waals surface area contributed by atoms with Crippen molar-refractivity contribution in [1.29, 1.82) is 0 Å². The second kappa shape index (κ2) is 7.13. The molecule has 0 N–H and O–H groups in total. The molecule has 1 fully saturated rings. The van der Waals surface area contributed by atoms with Crippen LogP contribution in [0.15, 0.2) is 41.3 Å². The van der Waals surface area contributed by atoms with Crippen molar-refractivity contribution in [1.82, 2.24) is 9.97 Å². The van der Waals surface area contributed by atoms with Crippen molar-refractivity contribution in [3.05, 3.63) is 41.4 Å². The van der Waals surface area contributed by atoms with Crippen LogP contribution in [0.1, 0.15) is 0 Å². The van der Waals surface area contributed by atoms with Crippen LogP contribution in [0.5, 0.6) is 0 Å². The van der Waals surface area contributed by atoms with E-state index in [4.69, 9.17) is 21.6 Å². The normalized spacial score (nSPS) is 15.2. The highest BCUT2D eigenvalue weighted by atomic mass is 35.5. The summed E-state index contributed by atoms with van der Waals surface area (Å²) in [5, 5.41) is 2.97. The first-order valence-corrected chi connectivity index (χ1v) is 11.9. The van der Waals surface area contributed by atoms with Crippen LogP contribution in [0, 0.1) is 0 Å². The summed E-state index contributed by atoms with van der Waals surface area (Å²) in [6, 6.07) is 12.4. The van der Waals surface area contributed by atoms with Gasteiger partial charge in [0.05, 0.1) is 20.4 Å². The zero-order valence-corrected chi connectivity index (χ0v) is 17.9. The molecule has 1 aliphatic rings. The van der Waals surface area contributed by atoms with E-state index < -0.39 is 0 Å². The van der Waals surface area contributed by atoms with E-state index in [2.05, 4.69) is 34.3 Å². The Balaban J connectivity index is 1.33. The summed E-state index contributed by atoms with van der Waals surface area (Å²) in [6.07, 6.45) is 2.11. The molecule has 27 heavy (non-hydrogen) atoms. The van der Waals surface area contributed by atoms with Gasteiger partial charge in [0.25, 0.3) is 0 Å². The van der Waals surface area contributed by atoms with Crippen molar-refractivity contribution in [3.8, 4) is 0 Å². The van der Waals surface area contributed by atoms with Gasteiger partial charge in [-0.2, -0.15) is 0 Å². The number of hydrogen-bond donors (Lipinski definition) is 0. The molecule has 138 valence electrons. The zero-order valence-electron chi connectivity index (χ0n) is 14.7. The van der Waals surface area contributed by atoms with Gasteiger partial charge >= 0.3 is 0 Å². The van der Waals surface area contributed by atoms with Crippen LogP contribution in [0.2, 0.25) is 5.02 Å². The van der Waals surface area contributed by atoms with E-state index in [9.17, 15) is 0 Å². The smallest absolute Gasteiger partial charge is 0.186 e. The molecule has 0 bridgehead atoms. The van der Waals surface area contributed by atoms with E-state index in [-0.39, 0.29) is 0 Å². The van der Waals surface area contributed by atoms with Crippen LogP contribution in [0.4, 0.5) is 10.3 Å². The molecule has 4 nitrogen and oxygen atoms in total. The number of halogens is 1. The molecule has 1 saturated heterocycles. The Morgan fingerprint density at radius 3 is 2.00 bits per heavy atom. The SMILES string of the molecule is CSc1ccc2nc(N3CCN(c4nc5ccc(Cl)cc5s4)CC3)sc2c1. The number of thiazole rings is 2. The summed E-state index contributed by atoms with van der Waals surface area (Å²) in [5.41, 5.74) is 2.12. The number of aromatic nitrogens is 2. The fourth-order valence-electron chi connectivity index (χ4n) is 3.27. The molecule has 8 heteroatoms. The van der Waals surface area contributed by atoms with E-state index in [1.165, 1.54) is 9.60 Å². The summed E-state index contributed by atoms with van der Waals surface area (Å²) < 4.78 is 2.41. The average molecular weight is 433 g/mol. The van der Waals surface area contributed by atoms with Crippen molar-refractivity contribution in [2.75, 3.05) is 42.2 Å². The van der Waals surface area contributed by atoms with Crippen molar-refractivity contribution in [2.45, 2.75) is 4.90 Å². The Hall–Kier alpha value is -1.54. The third kappa shape index (κ3) is 3.38. The Labute approximate surface area is 174 Å². The van der Waals surface area contributed by atoms with Gasteiger partial charge in [-0.05, 0) is 42.7 Å². The van der Waals surface area contributed by atoms with Crippen molar-refractivity contribution >= 4 is 76.7 Å². The lowest BCUT2D eigenvalue weighted by Crippen LogP contribution is -2.46. The lowest BCUT2D eigenvalue weighted by Gasteiger charge is -2.34. The number of fused-ring (bicyclic) bond motifs is 2. The highest BCUT2D eigenvalue weighted by Crippen LogP contribution is 2.34. The van der Waals surface area contributed by atoms with Gasteiger partial charge in [0.1, 0.15) is 0 Å². The van der Waals surface area contributed by atoms with Crippen LogP contribution < -0.4 is 9.80 Å². The maximum atomic E-state index is 6.10. The highest BCUT2D eigenvalue weighted by Gasteiger charge is 2.22. The number of piperazine rings is 1. The van der Waals surface area contributed by atoms with Gasteiger partial charge in [0.2, 0.25) is 0 Å². The van der Waals surface area contributed by atoms with Crippen molar-refractivity contribution < 1.29 is 0 Å². The lowest BCUT2D eigenvalue weighted by atomic mass is 10.3.